The fourth-order valence-electron chi connectivity index (χ4n) is 1.44. The topological polar surface area (TPSA) is 25.8 Å². The van der Waals surface area contributed by atoms with Gasteiger partial charge in [-0.1, -0.05) is 12.2 Å². The van der Waals surface area contributed by atoms with Crippen LogP contribution >= 0.6 is 0 Å². The molecule has 1 heterocycles. The van der Waals surface area contributed by atoms with Crippen molar-refractivity contribution in [2.24, 2.45) is 0 Å². The number of allylic oxidation sites excluding steroid dienone is 2. The van der Waals surface area contributed by atoms with Crippen LogP contribution < -0.4 is 10.7 Å². The highest BCUT2D eigenvalue weighted by Crippen LogP contribution is 1.99. The lowest BCUT2D eigenvalue weighted by atomic mass is 10.4. The number of rotatable bonds is 0. The molecule has 0 aromatic carbocycles. The summed E-state index contributed by atoms with van der Waals surface area (Å²) in [6.07, 6.45) is 11.9. The van der Waals surface area contributed by atoms with Crippen LogP contribution in [0.15, 0.2) is 12.2 Å². The first-order chi connectivity index (χ1) is 5.93. The van der Waals surface area contributed by atoms with E-state index in [4.69, 9.17) is 0 Å². The fraction of sp³-hybridized carbons (Fsp3) is 0. The zero-order valence-corrected chi connectivity index (χ0v) is 6.36. The molecule has 0 amide bonds. The minimum atomic E-state index is 0.980. The molecule has 2 nitrogen and oxygen atoms in total. The van der Waals surface area contributed by atoms with Crippen molar-refractivity contribution in [3.8, 4) is 0 Å². The second kappa shape index (κ2) is 1.91. The average molecular weight is 154 g/mol. The monoisotopic (exact) mass is 154 g/mol. The molecular formula is C10H6N2. The molecule has 1 aromatic rings. The van der Waals surface area contributed by atoms with Crippen molar-refractivity contribution in [1.82, 2.24) is 9.97 Å². The second-order valence-electron chi connectivity index (χ2n) is 2.82. The van der Waals surface area contributed by atoms with Crippen molar-refractivity contribution in [3.63, 3.8) is 0 Å². The Morgan fingerprint density at radius 2 is 1.25 bits per heavy atom. The Labute approximate surface area is 69.3 Å². The van der Waals surface area contributed by atoms with Crippen LogP contribution in [0.1, 0.15) is 11.4 Å². The number of aromatic nitrogens is 2. The lowest BCUT2D eigenvalue weighted by Gasteiger charge is -1.92. The van der Waals surface area contributed by atoms with Gasteiger partial charge in [-0.15, -0.1) is 0 Å². The molecule has 0 unspecified atom stereocenters. The zero-order valence-electron chi connectivity index (χ0n) is 6.36. The van der Waals surface area contributed by atoms with E-state index in [0.717, 1.165) is 22.1 Å². The molecule has 0 atom stereocenters. The third-order valence-electron chi connectivity index (χ3n) is 2.02. The maximum Gasteiger partial charge on any atom is 0.0894 e. The molecule has 0 fully saturated rings. The molecule has 0 saturated carbocycles. The molecule has 2 aliphatic carbocycles. The third kappa shape index (κ3) is 0.639. The number of hydrogen-bond acceptors (Lipinski definition) is 2. The van der Waals surface area contributed by atoms with Crippen molar-refractivity contribution in [3.05, 3.63) is 34.2 Å². The largest absolute Gasteiger partial charge is 0.245 e. The Balaban J connectivity index is 2.50. The van der Waals surface area contributed by atoms with Gasteiger partial charge in [-0.05, 0) is 24.3 Å². The molecule has 0 bridgehead atoms. The Bertz CT molecular complexity index is 472. The van der Waals surface area contributed by atoms with E-state index in [0.29, 0.717) is 0 Å². The van der Waals surface area contributed by atoms with Crippen LogP contribution in [-0.2, 0) is 0 Å². The van der Waals surface area contributed by atoms with Crippen molar-refractivity contribution in [2.75, 3.05) is 0 Å². The summed E-state index contributed by atoms with van der Waals surface area (Å²) in [7, 11) is 0. The van der Waals surface area contributed by atoms with Gasteiger partial charge in [-0.2, -0.15) is 0 Å². The molecule has 2 aliphatic rings. The average Bonchev–Trinajstić information content (AvgIpc) is 2.64. The first kappa shape index (κ1) is 5.89. The Kier molecular flexibility index (Phi) is 0.939. The van der Waals surface area contributed by atoms with Gasteiger partial charge in [-0.3, -0.25) is 0 Å². The maximum absolute atomic E-state index is 4.44. The minimum Gasteiger partial charge on any atom is -0.245 e. The van der Waals surface area contributed by atoms with Crippen molar-refractivity contribution >= 4 is 24.3 Å². The molecule has 56 valence electrons. The molecule has 0 N–H and O–H groups in total. The minimum absolute atomic E-state index is 0.980. The van der Waals surface area contributed by atoms with Gasteiger partial charge in [0.05, 0.1) is 22.1 Å². The Morgan fingerprint density at radius 1 is 0.750 bits per heavy atom. The van der Waals surface area contributed by atoms with Crippen molar-refractivity contribution in [2.45, 2.75) is 0 Å². The Hall–Kier alpha value is -1.70. The van der Waals surface area contributed by atoms with E-state index >= 15 is 0 Å². The van der Waals surface area contributed by atoms with Gasteiger partial charge in [0.2, 0.25) is 0 Å². The summed E-state index contributed by atoms with van der Waals surface area (Å²) in [5.74, 6) is 0. The molecule has 3 rings (SSSR count). The van der Waals surface area contributed by atoms with Crippen molar-refractivity contribution < 1.29 is 0 Å². The highest BCUT2D eigenvalue weighted by atomic mass is 14.8. The first-order valence-electron chi connectivity index (χ1n) is 3.88. The zero-order chi connectivity index (χ0) is 7.97. The quantitative estimate of drug-likeness (QED) is 0.529. The summed E-state index contributed by atoms with van der Waals surface area (Å²) in [6, 6.07) is 0. The lowest BCUT2D eigenvalue weighted by molar-refractivity contribution is 1.08. The maximum atomic E-state index is 4.44. The van der Waals surface area contributed by atoms with Crippen molar-refractivity contribution in [1.29, 1.82) is 0 Å². The summed E-state index contributed by atoms with van der Waals surface area (Å²) >= 11 is 0. The normalized spacial score (nSPS) is 15.3. The van der Waals surface area contributed by atoms with Crippen LogP contribution in [0, 0.1) is 0 Å². The van der Waals surface area contributed by atoms with Crippen LogP contribution in [0.2, 0.25) is 0 Å². The molecule has 0 spiro atoms. The fourth-order valence-corrected chi connectivity index (χ4v) is 1.44. The number of nitrogens with zero attached hydrogens (tertiary/aromatic N) is 2. The molecule has 1 aromatic heterocycles. The summed E-state index contributed by atoms with van der Waals surface area (Å²) in [5.41, 5.74) is 1.96. The van der Waals surface area contributed by atoms with Crippen LogP contribution in [0.25, 0.3) is 24.3 Å². The van der Waals surface area contributed by atoms with E-state index in [1.54, 1.807) is 0 Å². The van der Waals surface area contributed by atoms with Gasteiger partial charge in [-0.25, -0.2) is 9.97 Å². The van der Waals surface area contributed by atoms with Gasteiger partial charge in [0.1, 0.15) is 0 Å². The number of fused-ring (bicyclic) bond motifs is 2. The molecule has 0 saturated heterocycles. The Morgan fingerprint density at radius 3 is 1.75 bits per heavy atom. The van der Waals surface area contributed by atoms with Gasteiger partial charge in [0, 0.05) is 0 Å². The smallest absolute Gasteiger partial charge is 0.0894 e. The van der Waals surface area contributed by atoms with Crippen LogP contribution in [0.5, 0.6) is 0 Å². The second-order valence-corrected chi connectivity index (χ2v) is 2.82. The lowest BCUT2D eigenvalue weighted by Crippen LogP contribution is -2.22. The van der Waals surface area contributed by atoms with E-state index in [1.165, 1.54) is 0 Å². The summed E-state index contributed by atoms with van der Waals surface area (Å²) in [6.45, 7) is 0. The van der Waals surface area contributed by atoms with Gasteiger partial charge < -0.3 is 0 Å². The SMILES string of the molecule is C1=Cc2nc3c(nc2=C1)C=CC=3. The first-order valence-corrected chi connectivity index (χ1v) is 3.88. The molecule has 0 radical (unpaired) electrons. The highest BCUT2D eigenvalue weighted by molar-refractivity contribution is 5.67. The van der Waals surface area contributed by atoms with Gasteiger partial charge >= 0.3 is 0 Å². The highest BCUT2D eigenvalue weighted by Gasteiger charge is 2.04. The van der Waals surface area contributed by atoms with Gasteiger partial charge in [0.15, 0.2) is 0 Å². The van der Waals surface area contributed by atoms with Gasteiger partial charge in [0.25, 0.3) is 0 Å². The standard InChI is InChI=1S/C10H6N2/c1-3-7-8(4-1)12-10-6-2-5-9(10)11-7/h1-6H. The third-order valence-corrected chi connectivity index (χ3v) is 2.02. The predicted molar refractivity (Wildman–Crippen MR) is 48.3 cm³/mol. The van der Waals surface area contributed by atoms with Crippen LogP contribution in [0.4, 0.5) is 0 Å². The summed E-state index contributed by atoms with van der Waals surface area (Å²) in [4.78, 5) is 8.87. The molecule has 2 heteroatoms. The van der Waals surface area contributed by atoms with E-state index < -0.39 is 0 Å². The van der Waals surface area contributed by atoms with Crippen LogP contribution in [0.3, 0.4) is 0 Å². The summed E-state index contributed by atoms with van der Waals surface area (Å²) in [5, 5.41) is 1.96. The predicted octanol–water partition coefficient (Wildman–Crippen LogP) is 0.0912. The molecular weight excluding hydrogens is 148 g/mol. The number of hydrogen-bond donors (Lipinski definition) is 0. The summed E-state index contributed by atoms with van der Waals surface area (Å²) < 4.78 is 0. The van der Waals surface area contributed by atoms with E-state index in [2.05, 4.69) is 9.97 Å². The molecule has 0 aliphatic heterocycles. The van der Waals surface area contributed by atoms with E-state index in [1.807, 2.05) is 36.5 Å². The molecule has 12 heavy (non-hydrogen) atoms. The van der Waals surface area contributed by atoms with E-state index in [9.17, 15) is 0 Å². The van der Waals surface area contributed by atoms with E-state index in [-0.39, 0.29) is 0 Å². The van der Waals surface area contributed by atoms with Crippen LogP contribution in [-0.4, -0.2) is 9.97 Å².